The van der Waals surface area contributed by atoms with Crippen molar-refractivity contribution in [2.45, 2.75) is 151 Å². The van der Waals surface area contributed by atoms with Crippen molar-refractivity contribution in [3.63, 3.8) is 0 Å². The lowest BCUT2D eigenvalue weighted by atomic mass is 9.87. The largest absolute Gasteiger partial charge is 0.508 e. The van der Waals surface area contributed by atoms with Crippen molar-refractivity contribution in [1.29, 1.82) is 0 Å². The van der Waals surface area contributed by atoms with Gasteiger partial charge in [0, 0.05) is 43.2 Å². The topological polar surface area (TPSA) is 469 Å². The fraction of sp³-hybridized carbons (Fsp3) is 0.375. The van der Waals surface area contributed by atoms with Gasteiger partial charge in [0.2, 0.25) is 53.0 Å². The Labute approximate surface area is 655 Å². The molecular formula is C80H92Cl2N12O18. The zero-order valence-electron chi connectivity index (χ0n) is 61.8. The Bertz CT molecular complexity index is 4720. The highest BCUT2D eigenvalue weighted by atomic mass is 35.5. The number of ether oxygens (including phenoxy) is 3. The van der Waals surface area contributed by atoms with Gasteiger partial charge in [-0.05, 0) is 171 Å². The van der Waals surface area contributed by atoms with Crippen molar-refractivity contribution in [1.82, 2.24) is 52.8 Å². The van der Waals surface area contributed by atoms with Crippen LogP contribution in [0.4, 0.5) is 0 Å². The number of nitrogens with one attached hydrogen (secondary N) is 9. The standard InChI is InChI=1S/C80H92Cl2N12O18/c1-4-5-6-7-8-9-10-12-25-86-73(102)53(83)15-11-13-24-85-39-50-57(98)38-49-63(71(50)100)48-32-42(18-20-55(48)96)65-77(106)93-69(80(109)92-68(49)76(105)87-26-14-27-94(2)3)70(99)43-19-23-59(52(82)33-43)112-62-36-45-35-61(72(62)101)111-58-22-16-40(28-51(58)81)29-54-74(103)89-66(78(107)91-67(45)79(108)90-65)44-30-46(95)37-47(31-44)110-60-34-41(17-21-56(60)97)64(84)75(104)88-54/h16-23,28,30-38,53-54,64-70,85,95-101H,4-15,24-27,29,39,83-84H2,1-3H3,(H,86,102)(H,87,105)(H,88,104)(H,89,103)(H,90,108)(H,91,107)(H,92,109)(H,93,106)/t53?,54-,64-,65-,66-,67-,68-,69-,70?/m0/s1. The number of hydrogen-bond donors (Lipinski definition) is 18. The van der Waals surface area contributed by atoms with Crippen LogP contribution in [0.2, 0.25) is 10.0 Å². The van der Waals surface area contributed by atoms with E-state index < -0.39 is 142 Å². The third-order valence-electron chi connectivity index (χ3n) is 19.9. The van der Waals surface area contributed by atoms with Gasteiger partial charge < -0.3 is 114 Å². The van der Waals surface area contributed by atoms with Crippen molar-refractivity contribution < 1.29 is 88.3 Å². The molecule has 20 N–H and O–H groups in total. The molecule has 6 aliphatic heterocycles. The smallest absolute Gasteiger partial charge is 0.248 e. The number of aliphatic hydroxyl groups is 1. The number of nitrogens with two attached hydrogens (primary N) is 2. The zero-order chi connectivity index (χ0) is 80.2. The second-order valence-electron chi connectivity index (χ2n) is 28.5. The van der Waals surface area contributed by atoms with Crippen LogP contribution in [0, 0.1) is 0 Å². The van der Waals surface area contributed by atoms with Gasteiger partial charge in [-0.25, -0.2) is 0 Å². The number of benzene rings is 7. The summed E-state index contributed by atoms with van der Waals surface area (Å²) in [6, 6.07) is 7.56. The van der Waals surface area contributed by atoms with E-state index in [0.29, 0.717) is 44.3 Å². The third-order valence-corrected chi connectivity index (χ3v) is 20.5. The molecule has 7 aromatic rings. The minimum absolute atomic E-state index is 0.0168. The zero-order valence-corrected chi connectivity index (χ0v) is 63.3. The molecule has 6 aliphatic rings. The van der Waals surface area contributed by atoms with Crippen LogP contribution in [0.5, 0.6) is 69.0 Å². The lowest BCUT2D eigenvalue weighted by Crippen LogP contribution is -2.56. The second kappa shape index (κ2) is 36.8. The van der Waals surface area contributed by atoms with Gasteiger partial charge in [0.1, 0.15) is 88.6 Å². The van der Waals surface area contributed by atoms with Gasteiger partial charge >= 0.3 is 0 Å². The van der Waals surface area contributed by atoms with E-state index in [1.807, 2.05) is 19.0 Å². The van der Waals surface area contributed by atoms with E-state index in [1.54, 1.807) is 0 Å². The number of halogens is 2. The van der Waals surface area contributed by atoms with E-state index in [4.69, 9.17) is 48.9 Å². The summed E-state index contributed by atoms with van der Waals surface area (Å²) in [5.74, 6) is -13.9. The van der Waals surface area contributed by atoms with Crippen LogP contribution in [-0.4, -0.2) is 146 Å². The molecule has 594 valence electrons. The molecule has 2 unspecified atom stereocenters. The number of amides is 8. The number of nitrogens with zero attached hydrogens (tertiary/aromatic N) is 1. The summed E-state index contributed by atoms with van der Waals surface area (Å²) in [7, 11) is 3.63. The van der Waals surface area contributed by atoms with Crippen molar-refractivity contribution in [2.24, 2.45) is 11.5 Å². The predicted molar refractivity (Wildman–Crippen MR) is 413 cm³/mol. The average Bonchev–Trinajstić information content (AvgIpc) is 0.752. The summed E-state index contributed by atoms with van der Waals surface area (Å²) in [5.41, 5.74) is 11.0. The first-order valence-electron chi connectivity index (χ1n) is 37.1. The number of carbonyl (C=O) groups is 8. The highest BCUT2D eigenvalue weighted by Gasteiger charge is 2.42. The molecule has 17 bridgehead atoms. The molecule has 13 rings (SSSR count). The summed E-state index contributed by atoms with van der Waals surface area (Å²) in [6.45, 7) is 3.21. The number of carbonyl (C=O) groups excluding carboxylic acids is 8. The molecule has 0 aliphatic carbocycles. The molecule has 0 saturated heterocycles. The van der Waals surface area contributed by atoms with Crippen LogP contribution in [0.3, 0.4) is 0 Å². The summed E-state index contributed by atoms with van der Waals surface area (Å²) in [4.78, 5) is 122. The normalized spacial score (nSPS) is 19.9. The van der Waals surface area contributed by atoms with Gasteiger partial charge in [0.15, 0.2) is 23.0 Å². The van der Waals surface area contributed by atoms with Crippen LogP contribution in [-0.2, 0) is 51.3 Å². The molecule has 112 heavy (non-hydrogen) atoms. The van der Waals surface area contributed by atoms with Gasteiger partial charge in [-0.1, -0.05) is 106 Å². The van der Waals surface area contributed by atoms with Crippen LogP contribution in [0.15, 0.2) is 109 Å². The van der Waals surface area contributed by atoms with Crippen LogP contribution in [0.1, 0.15) is 165 Å². The molecule has 6 heterocycles. The molecule has 9 atom stereocenters. The molecule has 7 aromatic carbocycles. The van der Waals surface area contributed by atoms with E-state index in [1.165, 1.54) is 98.5 Å². The number of fused-ring (bicyclic) bond motifs is 14. The number of hydrogen-bond acceptors (Lipinski definition) is 22. The molecule has 30 nitrogen and oxygen atoms in total. The summed E-state index contributed by atoms with van der Waals surface area (Å²) >= 11 is 14.0. The predicted octanol–water partition coefficient (Wildman–Crippen LogP) is 7.81. The first kappa shape index (κ1) is 81.9. The van der Waals surface area contributed by atoms with Crippen molar-refractivity contribution in [3.05, 3.63) is 164 Å². The molecule has 32 heteroatoms. The third kappa shape index (κ3) is 19.6. The number of rotatable bonds is 22. The summed E-state index contributed by atoms with van der Waals surface area (Å²) in [5, 5.41) is 109. The lowest BCUT2D eigenvalue weighted by molar-refractivity contribution is -0.137. The minimum Gasteiger partial charge on any atom is -0.508 e. The maximum Gasteiger partial charge on any atom is 0.248 e. The van der Waals surface area contributed by atoms with Gasteiger partial charge in [-0.15, -0.1) is 0 Å². The molecule has 0 fully saturated rings. The Kier molecular flexibility index (Phi) is 26.9. The van der Waals surface area contributed by atoms with E-state index in [9.17, 15) is 50.1 Å². The quantitative estimate of drug-likeness (QED) is 0.0287. The van der Waals surface area contributed by atoms with Crippen LogP contribution >= 0.6 is 23.2 Å². The monoisotopic (exact) mass is 1580 g/mol. The van der Waals surface area contributed by atoms with E-state index >= 15 is 24.0 Å². The minimum atomic E-state index is -2.19. The number of phenolic OH excluding ortho intramolecular Hbond substituents is 6. The number of aromatic hydroxyl groups is 6. The Morgan fingerprint density at radius 1 is 0.545 bits per heavy atom. The molecule has 0 aromatic heterocycles. The summed E-state index contributed by atoms with van der Waals surface area (Å²) in [6.07, 6.45) is 8.15. The Balaban J connectivity index is 1.02. The van der Waals surface area contributed by atoms with Crippen LogP contribution < -0.4 is 73.5 Å². The number of unbranched alkanes of at least 4 members (excludes halogenated alkanes) is 8. The Hall–Kier alpha value is -11.1. The maximum atomic E-state index is 16.2. The maximum absolute atomic E-state index is 16.2. The molecule has 0 radical (unpaired) electrons. The SMILES string of the molecule is CCCCCCCCCCNC(=O)C(N)CCCCNCc1c(O)cc2c(c1O)-c1cc(ccc1O)[C@@H]1NC(=O)[C@H]3NC(=O)[C@H]4NC(=O)[C@H](Cc5ccc(c(Cl)c5)Oc5cc3cc(c5O)Oc3ccc(cc3Cl)C(O)[C@H](NC1=O)C(=O)N[C@@H]2C(=O)NCCCN(C)C)NC(=O)[C@@H](N)c1ccc(O)c(c1)Oc1cc(O)cc4c1. The average molecular weight is 1580 g/mol. The highest BCUT2D eigenvalue weighted by Crippen LogP contribution is 2.49. The van der Waals surface area contributed by atoms with E-state index in [-0.39, 0.29) is 115 Å². The first-order valence-corrected chi connectivity index (χ1v) is 37.9. The van der Waals surface area contributed by atoms with Crippen molar-refractivity contribution >= 4 is 70.5 Å². The highest BCUT2D eigenvalue weighted by molar-refractivity contribution is 6.32. The van der Waals surface area contributed by atoms with Crippen LogP contribution in [0.25, 0.3) is 11.1 Å². The van der Waals surface area contributed by atoms with Gasteiger partial charge in [-0.2, -0.15) is 0 Å². The van der Waals surface area contributed by atoms with Crippen molar-refractivity contribution in [3.8, 4) is 80.1 Å². The number of phenols is 6. The molecular weight excluding hydrogens is 1490 g/mol. The molecule has 0 spiro atoms. The van der Waals surface area contributed by atoms with Crippen molar-refractivity contribution in [2.75, 3.05) is 40.3 Å². The Morgan fingerprint density at radius 2 is 1.14 bits per heavy atom. The van der Waals surface area contributed by atoms with Gasteiger partial charge in [0.25, 0.3) is 0 Å². The van der Waals surface area contributed by atoms with Gasteiger partial charge in [0.05, 0.1) is 21.7 Å². The summed E-state index contributed by atoms with van der Waals surface area (Å²) < 4.78 is 18.7. The fourth-order valence-electron chi connectivity index (χ4n) is 13.8. The lowest BCUT2D eigenvalue weighted by Gasteiger charge is -2.32. The molecule has 8 amide bonds. The molecule has 0 saturated carbocycles. The van der Waals surface area contributed by atoms with E-state index in [0.717, 1.165) is 62.1 Å². The first-order chi connectivity index (χ1) is 53.6. The number of aliphatic hydroxyl groups excluding tert-OH is 1. The van der Waals surface area contributed by atoms with Gasteiger partial charge in [-0.3, -0.25) is 38.4 Å². The Morgan fingerprint density at radius 3 is 1.83 bits per heavy atom. The fourth-order valence-corrected chi connectivity index (χ4v) is 14.2. The van der Waals surface area contributed by atoms with E-state index in [2.05, 4.69) is 54.8 Å². The second-order valence-corrected chi connectivity index (χ2v) is 29.3.